The minimum Gasteiger partial charge on any atom is -0.394 e. The second-order valence-corrected chi connectivity index (χ2v) is 6.77. The highest BCUT2D eigenvalue weighted by molar-refractivity contribution is 5.93. The molecule has 27 heavy (non-hydrogen) atoms. The van der Waals surface area contributed by atoms with Gasteiger partial charge in [-0.2, -0.15) is 4.98 Å². The van der Waals surface area contributed by atoms with E-state index in [0.29, 0.717) is 0 Å². The fourth-order valence-electron chi connectivity index (χ4n) is 2.99. The Morgan fingerprint density at radius 1 is 1.37 bits per heavy atom. The number of carbonyl (C=O) groups excluding carboxylic acids is 1. The van der Waals surface area contributed by atoms with Gasteiger partial charge in [0, 0.05) is 0 Å². The fraction of sp³-hybridized carbons (Fsp3) is 0.600. The van der Waals surface area contributed by atoms with E-state index in [4.69, 9.17) is 16.2 Å². The van der Waals surface area contributed by atoms with E-state index in [1.54, 1.807) is 13.8 Å². The maximum absolute atomic E-state index is 12.8. The molecule has 12 heteroatoms. The molecule has 1 aliphatic heterocycles. The minimum atomic E-state index is -1.44. The predicted octanol–water partition coefficient (Wildman–Crippen LogP) is -2.59. The Bertz CT molecular complexity index is 923. The summed E-state index contributed by atoms with van der Waals surface area (Å²) in [6.45, 7) is 2.96. The van der Waals surface area contributed by atoms with E-state index in [1.165, 1.54) is 4.57 Å². The second kappa shape index (κ2) is 6.98. The van der Waals surface area contributed by atoms with E-state index < -0.39 is 48.7 Å². The first-order chi connectivity index (χ1) is 12.7. The van der Waals surface area contributed by atoms with Gasteiger partial charge in [-0.15, -0.1) is 0 Å². The van der Waals surface area contributed by atoms with Gasteiger partial charge in [0.05, 0.1) is 19.0 Å². The molecule has 2 aromatic rings. The topological polar surface area (TPSA) is 192 Å². The largest absolute Gasteiger partial charge is 0.394 e. The molecule has 3 rings (SSSR count). The molecule has 7 N–H and O–H groups in total. The highest BCUT2D eigenvalue weighted by Crippen LogP contribution is 2.31. The van der Waals surface area contributed by atoms with E-state index in [0.717, 1.165) is 10.9 Å². The Kier molecular flexibility index (Phi) is 5.01. The van der Waals surface area contributed by atoms with Crippen LogP contribution >= 0.6 is 0 Å². The molecule has 5 atom stereocenters. The zero-order chi connectivity index (χ0) is 20.0. The van der Waals surface area contributed by atoms with Crippen molar-refractivity contribution >= 4 is 23.0 Å². The molecule has 1 fully saturated rings. The number of nitrogen functional groups attached to an aromatic ring is 1. The van der Waals surface area contributed by atoms with E-state index in [2.05, 4.69) is 9.97 Å². The highest BCUT2D eigenvalue weighted by Gasteiger charge is 2.44. The van der Waals surface area contributed by atoms with Crippen LogP contribution in [0.3, 0.4) is 0 Å². The highest BCUT2D eigenvalue weighted by atomic mass is 16.6. The second-order valence-electron chi connectivity index (χ2n) is 6.77. The van der Waals surface area contributed by atoms with Gasteiger partial charge in [-0.1, -0.05) is 13.8 Å². The molecule has 0 unspecified atom stereocenters. The summed E-state index contributed by atoms with van der Waals surface area (Å²) in [4.78, 5) is 32.6. The van der Waals surface area contributed by atoms with Crippen LogP contribution in [0.15, 0.2) is 11.1 Å². The van der Waals surface area contributed by atoms with Crippen LogP contribution in [-0.2, 0) is 4.74 Å². The quantitative estimate of drug-likeness (QED) is 0.375. The molecule has 3 heterocycles. The van der Waals surface area contributed by atoms with Gasteiger partial charge in [0.1, 0.15) is 18.3 Å². The number of hydrogen-bond donors (Lipinski definition) is 5. The van der Waals surface area contributed by atoms with Gasteiger partial charge in [0.25, 0.3) is 5.91 Å². The molecule has 12 nitrogen and oxygen atoms in total. The Balaban J connectivity index is 2.22. The summed E-state index contributed by atoms with van der Waals surface area (Å²) >= 11 is 0. The number of ether oxygens (including phenoxy) is 1. The number of aromatic nitrogens is 4. The van der Waals surface area contributed by atoms with Crippen molar-refractivity contribution in [2.24, 2.45) is 11.7 Å². The van der Waals surface area contributed by atoms with Crippen molar-refractivity contribution in [1.82, 2.24) is 19.1 Å². The van der Waals surface area contributed by atoms with Crippen LogP contribution in [0.1, 0.15) is 24.9 Å². The molecule has 0 amide bonds. The van der Waals surface area contributed by atoms with Gasteiger partial charge < -0.3 is 31.5 Å². The summed E-state index contributed by atoms with van der Waals surface area (Å²) in [7, 11) is 0. The molecule has 2 aromatic heterocycles. The first-order valence-electron chi connectivity index (χ1n) is 8.36. The van der Waals surface area contributed by atoms with Gasteiger partial charge in [-0.3, -0.25) is 14.2 Å². The van der Waals surface area contributed by atoms with Gasteiger partial charge in [-0.05, 0) is 5.92 Å². The van der Waals surface area contributed by atoms with Crippen LogP contribution in [0, 0.1) is 5.92 Å². The number of aliphatic hydroxyl groups excluding tert-OH is 3. The van der Waals surface area contributed by atoms with E-state index in [1.807, 2.05) is 0 Å². The first-order valence-corrected chi connectivity index (χ1v) is 8.36. The Hall–Kier alpha value is -2.38. The number of nitrogens with two attached hydrogens (primary N) is 2. The third-order valence-corrected chi connectivity index (χ3v) is 4.64. The lowest BCUT2D eigenvalue weighted by Crippen LogP contribution is -2.41. The summed E-state index contributed by atoms with van der Waals surface area (Å²) in [5.74, 6) is -1.23. The van der Waals surface area contributed by atoms with Crippen molar-refractivity contribution in [1.29, 1.82) is 0 Å². The average Bonchev–Trinajstić information content (AvgIpc) is 3.16. The maximum Gasteiger partial charge on any atom is 0.302 e. The monoisotopic (exact) mass is 382 g/mol. The zero-order valence-electron chi connectivity index (χ0n) is 14.8. The normalized spacial score (nSPS) is 26.8. The van der Waals surface area contributed by atoms with Crippen LogP contribution in [0.5, 0.6) is 0 Å². The van der Waals surface area contributed by atoms with E-state index in [-0.39, 0.29) is 23.0 Å². The number of carbonyl (C=O) groups is 1. The number of rotatable bonds is 4. The standard InChI is InChI=1S/C15H22N6O6/c1-5(2)7(16)13(26)21-12-8(11(25)19-15(21)17)18-4-20(12)14-10(24)9(23)6(3-22)27-14/h4-7,9-10,14,22-24H,3,16H2,1-2H3,(H2,17,19,25)/t6-,7+,9-,10+,14-/m1/s1. The molecule has 0 saturated carbocycles. The lowest BCUT2D eigenvalue weighted by atomic mass is 10.0. The SMILES string of the molecule is CC(C)[C@H](N)C(=O)n1c(N)nc(=O)c2ncn([C@@H]3O[C@H](CO)[C@@H](O)[C@@H]3O)c21. The number of fused-ring (bicyclic) bond motifs is 1. The summed E-state index contributed by atoms with van der Waals surface area (Å²) in [5, 5.41) is 29.5. The molecular weight excluding hydrogens is 360 g/mol. The number of imidazole rings is 1. The van der Waals surface area contributed by atoms with Gasteiger partial charge in [-0.25, -0.2) is 9.55 Å². The summed E-state index contributed by atoms with van der Waals surface area (Å²) in [6.07, 6.45) is -3.90. The first kappa shape index (κ1) is 19.4. The number of hydrogen-bond acceptors (Lipinski definition) is 10. The Morgan fingerprint density at radius 3 is 2.59 bits per heavy atom. The molecule has 0 spiro atoms. The molecule has 0 aromatic carbocycles. The van der Waals surface area contributed by atoms with Gasteiger partial charge in [0.2, 0.25) is 5.95 Å². The lowest BCUT2D eigenvalue weighted by Gasteiger charge is -2.21. The lowest BCUT2D eigenvalue weighted by molar-refractivity contribution is -0.0512. The minimum absolute atomic E-state index is 0.0663. The average molecular weight is 382 g/mol. The third-order valence-electron chi connectivity index (χ3n) is 4.64. The van der Waals surface area contributed by atoms with Crippen molar-refractivity contribution < 1.29 is 24.9 Å². The smallest absolute Gasteiger partial charge is 0.302 e. The van der Waals surface area contributed by atoms with Crippen molar-refractivity contribution in [2.45, 2.75) is 44.4 Å². The van der Waals surface area contributed by atoms with Crippen molar-refractivity contribution in [2.75, 3.05) is 12.3 Å². The summed E-state index contributed by atoms with van der Waals surface area (Å²) < 4.78 is 7.61. The number of anilines is 1. The molecule has 0 bridgehead atoms. The third kappa shape index (κ3) is 3.00. The molecule has 0 radical (unpaired) electrons. The van der Waals surface area contributed by atoms with Crippen LogP contribution in [0.4, 0.5) is 5.95 Å². The number of nitrogens with zero attached hydrogens (tertiary/aromatic N) is 4. The summed E-state index contributed by atoms with van der Waals surface area (Å²) in [6, 6.07) is -0.937. The van der Waals surface area contributed by atoms with Crippen molar-refractivity contribution in [3.8, 4) is 0 Å². The Morgan fingerprint density at radius 2 is 2.04 bits per heavy atom. The van der Waals surface area contributed by atoms with Crippen LogP contribution in [0.2, 0.25) is 0 Å². The number of aliphatic hydroxyl groups is 3. The van der Waals surface area contributed by atoms with Crippen LogP contribution < -0.4 is 17.0 Å². The summed E-state index contributed by atoms with van der Waals surface area (Å²) in [5.41, 5.74) is 10.7. The van der Waals surface area contributed by atoms with E-state index >= 15 is 0 Å². The van der Waals surface area contributed by atoms with Crippen molar-refractivity contribution in [3.63, 3.8) is 0 Å². The predicted molar refractivity (Wildman–Crippen MR) is 92.6 cm³/mol. The molecule has 148 valence electrons. The van der Waals surface area contributed by atoms with Crippen LogP contribution in [-0.4, -0.2) is 71.3 Å². The fourth-order valence-corrected chi connectivity index (χ4v) is 2.99. The van der Waals surface area contributed by atoms with Crippen molar-refractivity contribution in [3.05, 3.63) is 16.7 Å². The van der Waals surface area contributed by atoms with E-state index in [9.17, 15) is 24.9 Å². The van der Waals surface area contributed by atoms with Crippen LogP contribution in [0.25, 0.3) is 11.2 Å². The molecule has 1 saturated heterocycles. The molecule has 0 aliphatic carbocycles. The van der Waals surface area contributed by atoms with Gasteiger partial charge in [0.15, 0.2) is 17.4 Å². The molecular formula is C15H22N6O6. The van der Waals surface area contributed by atoms with Gasteiger partial charge >= 0.3 is 5.56 Å². The zero-order valence-corrected chi connectivity index (χ0v) is 14.8. The molecule has 1 aliphatic rings. The maximum atomic E-state index is 12.8. The Labute approximate surface area is 153 Å².